The molecule has 1 heterocycles. The summed E-state index contributed by atoms with van der Waals surface area (Å²) in [7, 11) is 0. The van der Waals surface area contributed by atoms with E-state index in [1.54, 1.807) is 18.2 Å². The van der Waals surface area contributed by atoms with Crippen LogP contribution in [0.1, 0.15) is 36.5 Å². The van der Waals surface area contributed by atoms with Gasteiger partial charge in [-0.05, 0) is 36.5 Å². The number of carboxylic acids is 1. The van der Waals surface area contributed by atoms with Gasteiger partial charge in [0.1, 0.15) is 12.1 Å². The fourth-order valence-corrected chi connectivity index (χ4v) is 3.08. The molecule has 2 aromatic rings. The standard InChI is InChI=1S/C16H19N3O2/c1-10-3-2-4-12(10)8-17-15-13-6-5-11(16(20)21)7-14(13)18-9-19-15/h5-7,9-10,12H,2-4,8H2,1H3,(H,20,21)(H,17,18,19). The van der Waals surface area contributed by atoms with Gasteiger partial charge in [0.15, 0.2) is 0 Å². The lowest BCUT2D eigenvalue weighted by atomic mass is 9.98. The van der Waals surface area contributed by atoms with Crippen LogP contribution in [0, 0.1) is 11.8 Å². The van der Waals surface area contributed by atoms with Gasteiger partial charge in [-0.2, -0.15) is 0 Å². The van der Waals surface area contributed by atoms with E-state index in [1.165, 1.54) is 25.6 Å². The Labute approximate surface area is 123 Å². The average Bonchev–Trinajstić information content (AvgIpc) is 2.89. The number of fused-ring (bicyclic) bond motifs is 1. The van der Waals surface area contributed by atoms with Crippen molar-refractivity contribution in [3.63, 3.8) is 0 Å². The minimum Gasteiger partial charge on any atom is -0.478 e. The number of nitrogens with zero attached hydrogens (tertiary/aromatic N) is 2. The van der Waals surface area contributed by atoms with Crippen LogP contribution in [0.5, 0.6) is 0 Å². The summed E-state index contributed by atoms with van der Waals surface area (Å²) in [6, 6.07) is 4.96. The topological polar surface area (TPSA) is 75.1 Å². The molecule has 3 rings (SSSR count). The molecule has 0 spiro atoms. The summed E-state index contributed by atoms with van der Waals surface area (Å²) in [5.74, 6) is 1.29. The van der Waals surface area contributed by atoms with Crippen LogP contribution in [0.3, 0.4) is 0 Å². The van der Waals surface area contributed by atoms with Gasteiger partial charge in [-0.3, -0.25) is 0 Å². The maximum absolute atomic E-state index is 11.0. The molecule has 2 unspecified atom stereocenters. The minimum atomic E-state index is -0.940. The van der Waals surface area contributed by atoms with Crippen LogP contribution in [0.15, 0.2) is 24.5 Å². The van der Waals surface area contributed by atoms with Crippen molar-refractivity contribution >= 4 is 22.7 Å². The number of benzene rings is 1. The first-order chi connectivity index (χ1) is 10.1. The molecule has 1 fully saturated rings. The summed E-state index contributed by atoms with van der Waals surface area (Å²) in [5, 5.41) is 13.3. The van der Waals surface area contributed by atoms with Crippen LogP contribution in [0.25, 0.3) is 10.9 Å². The Morgan fingerprint density at radius 1 is 1.38 bits per heavy atom. The number of rotatable bonds is 4. The lowest BCUT2D eigenvalue weighted by Crippen LogP contribution is -2.17. The van der Waals surface area contributed by atoms with Crippen molar-refractivity contribution in [2.24, 2.45) is 11.8 Å². The quantitative estimate of drug-likeness (QED) is 0.902. The second kappa shape index (κ2) is 5.68. The molecule has 0 saturated heterocycles. The van der Waals surface area contributed by atoms with Gasteiger partial charge in [-0.15, -0.1) is 0 Å². The SMILES string of the molecule is CC1CCCC1CNc1ncnc2cc(C(=O)O)ccc12. The number of carbonyl (C=O) groups is 1. The van der Waals surface area contributed by atoms with Crippen LogP contribution < -0.4 is 5.32 Å². The first-order valence-electron chi connectivity index (χ1n) is 7.37. The van der Waals surface area contributed by atoms with Gasteiger partial charge in [-0.1, -0.05) is 19.8 Å². The molecule has 0 bridgehead atoms. The molecule has 1 saturated carbocycles. The highest BCUT2D eigenvalue weighted by atomic mass is 16.4. The van der Waals surface area contributed by atoms with Crippen LogP contribution in [-0.2, 0) is 0 Å². The van der Waals surface area contributed by atoms with E-state index in [1.807, 2.05) is 0 Å². The molecule has 1 aromatic heterocycles. The van der Waals surface area contributed by atoms with E-state index in [2.05, 4.69) is 22.2 Å². The molecule has 0 amide bonds. The van der Waals surface area contributed by atoms with Gasteiger partial charge >= 0.3 is 5.97 Å². The van der Waals surface area contributed by atoms with Crippen LogP contribution in [-0.4, -0.2) is 27.6 Å². The van der Waals surface area contributed by atoms with Gasteiger partial charge in [0.05, 0.1) is 11.1 Å². The van der Waals surface area contributed by atoms with E-state index in [-0.39, 0.29) is 5.56 Å². The number of aromatic carboxylic acids is 1. The van der Waals surface area contributed by atoms with E-state index in [4.69, 9.17) is 5.11 Å². The highest BCUT2D eigenvalue weighted by Crippen LogP contribution is 2.31. The Morgan fingerprint density at radius 2 is 2.24 bits per heavy atom. The lowest BCUT2D eigenvalue weighted by molar-refractivity contribution is 0.0697. The smallest absolute Gasteiger partial charge is 0.335 e. The molecule has 0 radical (unpaired) electrons. The van der Waals surface area contributed by atoms with Gasteiger partial charge < -0.3 is 10.4 Å². The lowest BCUT2D eigenvalue weighted by Gasteiger charge is -2.17. The molecule has 2 atom stereocenters. The molecular formula is C16H19N3O2. The van der Waals surface area contributed by atoms with E-state index in [9.17, 15) is 4.79 Å². The molecule has 110 valence electrons. The maximum Gasteiger partial charge on any atom is 0.335 e. The number of aromatic nitrogens is 2. The molecule has 1 aromatic carbocycles. The third-order valence-electron chi connectivity index (χ3n) is 4.45. The summed E-state index contributed by atoms with van der Waals surface area (Å²) < 4.78 is 0. The van der Waals surface area contributed by atoms with Crippen LogP contribution >= 0.6 is 0 Å². The first-order valence-corrected chi connectivity index (χ1v) is 7.37. The number of nitrogens with one attached hydrogen (secondary N) is 1. The van der Waals surface area contributed by atoms with E-state index < -0.39 is 5.97 Å². The fourth-order valence-electron chi connectivity index (χ4n) is 3.08. The van der Waals surface area contributed by atoms with Crippen LogP contribution in [0.4, 0.5) is 5.82 Å². The normalized spacial score (nSPS) is 21.6. The highest BCUT2D eigenvalue weighted by Gasteiger charge is 2.23. The van der Waals surface area contributed by atoms with E-state index >= 15 is 0 Å². The zero-order valence-corrected chi connectivity index (χ0v) is 12.0. The zero-order valence-electron chi connectivity index (χ0n) is 12.0. The predicted molar refractivity (Wildman–Crippen MR) is 81.5 cm³/mol. The van der Waals surface area contributed by atoms with Crippen molar-refractivity contribution in [2.45, 2.75) is 26.2 Å². The Kier molecular flexibility index (Phi) is 3.73. The van der Waals surface area contributed by atoms with Gasteiger partial charge in [0, 0.05) is 11.9 Å². The first kappa shape index (κ1) is 13.8. The molecule has 5 heteroatoms. The van der Waals surface area contributed by atoms with Crippen molar-refractivity contribution in [3.05, 3.63) is 30.1 Å². The highest BCUT2D eigenvalue weighted by molar-refractivity contribution is 5.96. The van der Waals surface area contributed by atoms with Gasteiger partial charge in [0.25, 0.3) is 0 Å². The molecule has 0 aliphatic heterocycles. The summed E-state index contributed by atoms with van der Waals surface area (Å²) in [4.78, 5) is 19.5. The summed E-state index contributed by atoms with van der Waals surface area (Å²) >= 11 is 0. The second-order valence-electron chi connectivity index (χ2n) is 5.81. The number of hydrogen-bond acceptors (Lipinski definition) is 4. The molecule has 2 N–H and O–H groups in total. The van der Waals surface area contributed by atoms with Crippen molar-refractivity contribution < 1.29 is 9.90 Å². The average molecular weight is 285 g/mol. The maximum atomic E-state index is 11.0. The summed E-state index contributed by atoms with van der Waals surface area (Å²) in [5.41, 5.74) is 0.906. The zero-order chi connectivity index (χ0) is 14.8. The van der Waals surface area contributed by atoms with E-state index in [0.29, 0.717) is 11.4 Å². The number of carboxylic acid groups (broad SMARTS) is 1. The van der Waals surface area contributed by atoms with Crippen molar-refractivity contribution in [2.75, 3.05) is 11.9 Å². The number of hydrogen-bond donors (Lipinski definition) is 2. The minimum absolute atomic E-state index is 0.247. The molecule has 5 nitrogen and oxygen atoms in total. The number of anilines is 1. The largest absolute Gasteiger partial charge is 0.478 e. The van der Waals surface area contributed by atoms with Crippen molar-refractivity contribution in [1.29, 1.82) is 0 Å². The Hall–Kier alpha value is -2.17. The third kappa shape index (κ3) is 2.82. The molecular weight excluding hydrogens is 266 g/mol. The molecule has 1 aliphatic rings. The summed E-state index contributed by atoms with van der Waals surface area (Å²) in [6.07, 6.45) is 5.35. The monoisotopic (exact) mass is 285 g/mol. The van der Waals surface area contributed by atoms with Crippen LogP contribution in [0.2, 0.25) is 0 Å². The Bertz CT molecular complexity index is 672. The predicted octanol–water partition coefficient (Wildman–Crippen LogP) is 3.18. The Morgan fingerprint density at radius 3 is 2.95 bits per heavy atom. The van der Waals surface area contributed by atoms with Gasteiger partial charge in [-0.25, -0.2) is 14.8 Å². The molecule has 1 aliphatic carbocycles. The van der Waals surface area contributed by atoms with E-state index in [0.717, 1.165) is 23.7 Å². The molecule has 21 heavy (non-hydrogen) atoms. The van der Waals surface area contributed by atoms with Crippen molar-refractivity contribution in [1.82, 2.24) is 9.97 Å². The third-order valence-corrected chi connectivity index (χ3v) is 4.45. The van der Waals surface area contributed by atoms with Gasteiger partial charge in [0.2, 0.25) is 0 Å². The fraction of sp³-hybridized carbons (Fsp3) is 0.438. The van der Waals surface area contributed by atoms with Crippen molar-refractivity contribution in [3.8, 4) is 0 Å². The second-order valence-corrected chi connectivity index (χ2v) is 5.81. The Balaban J connectivity index is 1.83. The summed E-state index contributed by atoms with van der Waals surface area (Å²) in [6.45, 7) is 3.21.